The van der Waals surface area contributed by atoms with E-state index >= 15 is 0 Å². The highest BCUT2D eigenvalue weighted by atomic mass is 16.2. The van der Waals surface area contributed by atoms with Gasteiger partial charge in [0, 0.05) is 42.5 Å². The third-order valence-electron chi connectivity index (χ3n) is 7.60. The van der Waals surface area contributed by atoms with E-state index in [0.717, 1.165) is 42.4 Å². The molecule has 3 aromatic heterocycles. The summed E-state index contributed by atoms with van der Waals surface area (Å²) in [5.74, 6) is 1.13. The molecule has 2 aliphatic rings. The Kier molecular flexibility index (Phi) is 6.22. The Labute approximate surface area is 235 Å². The van der Waals surface area contributed by atoms with E-state index in [1.54, 1.807) is 22.9 Å². The number of rotatable bonds is 9. The average molecular weight is 548 g/mol. The van der Waals surface area contributed by atoms with Gasteiger partial charge >= 0.3 is 5.69 Å². The van der Waals surface area contributed by atoms with E-state index in [-0.39, 0.29) is 29.2 Å². The first-order valence-corrected chi connectivity index (χ1v) is 13.9. The van der Waals surface area contributed by atoms with Crippen molar-refractivity contribution < 1.29 is 4.79 Å². The van der Waals surface area contributed by atoms with Gasteiger partial charge in [0.15, 0.2) is 5.65 Å². The van der Waals surface area contributed by atoms with Gasteiger partial charge in [0.25, 0.3) is 11.5 Å². The second-order valence-corrected chi connectivity index (χ2v) is 10.7. The summed E-state index contributed by atoms with van der Waals surface area (Å²) in [6.45, 7) is 1.04. The highest BCUT2D eigenvalue weighted by Gasteiger charge is 2.34. The molecular formula is C31H29N7O3. The number of fused-ring (bicyclic) bond motifs is 1. The zero-order valence-electron chi connectivity index (χ0n) is 22.3. The smallest absolute Gasteiger partial charge is 0.333 e. The Bertz CT molecular complexity index is 1850. The molecule has 7 rings (SSSR count). The molecule has 0 spiro atoms. The number of nitrogens with zero attached hydrogens (tertiary/aromatic N) is 4. The number of H-pyrrole nitrogens is 1. The minimum absolute atomic E-state index is 0.000107. The molecule has 5 aromatic rings. The second kappa shape index (κ2) is 10.2. The standard InChI is InChI=1S/C31H29N7O3/c39-29(21-4-2-1-3-5-21)34-17-20-8-6-19(7-9-20)16-32-25-15-10-22(18-33-25)27-35-26-28(36-27)37(23-11-12-23)31(41)38(30(26)40)24-13-14-24/h1-10,15,18,23-24H,11-14,16-17H2,(H,32,33)(H,34,39)(H,35,36). The van der Waals surface area contributed by atoms with Crippen LogP contribution in [-0.4, -0.2) is 30.0 Å². The first kappa shape index (κ1) is 25.0. The molecule has 0 atom stereocenters. The number of benzene rings is 2. The molecule has 2 fully saturated rings. The topological polar surface area (TPSA) is 127 Å². The summed E-state index contributed by atoms with van der Waals surface area (Å²) in [6, 6.07) is 21.1. The Morgan fingerprint density at radius 1 is 0.854 bits per heavy atom. The zero-order chi connectivity index (χ0) is 27.9. The highest BCUT2D eigenvalue weighted by molar-refractivity contribution is 5.94. The van der Waals surface area contributed by atoms with Crippen LogP contribution in [0.1, 0.15) is 59.3 Å². The third-order valence-corrected chi connectivity index (χ3v) is 7.60. The molecule has 10 heteroatoms. The first-order chi connectivity index (χ1) is 20.0. The molecular weight excluding hydrogens is 518 g/mol. The zero-order valence-corrected chi connectivity index (χ0v) is 22.3. The van der Waals surface area contributed by atoms with Crippen LogP contribution < -0.4 is 21.9 Å². The van der Waals surface area contributed by atoms with Crippen molar-refractivity contribution in [3.8, 4) is 11.4 Å². The number of amides is 1. The molecule has 0 unspecified atom stereocenters. The lowest BCUT2D eigenvalue weighted by molar-refractivity contribution is 0.0951. The molecule has 2 aliphatic carbocycles. The molecule has 3 heterocycles. The molecule has 1 amide bonds. The van der Waals surface area contributed by atoms with Crippen molar-refractivity contribution in [2.45, 2.75) is 50.9 Å². The maximum atomic E-state index is 13.1. The van der Waals surface area contributed by atoms with Crippen LogP contribution in [0.25, 0.3) is 22.6 Å². The lowest BCUT2D eigenvalue weighted by Gasteiger charge is -2.09. The van der Waals surface area contributed by atoms with Gasteiger partial charge in [0.1, 0.15) is 17.2 Å². The van der Waals surface area contributed by atoms with E-state index < -0.39 is 0 Å². The summed E-state index contributed by atoms with van der Waals surface area (Å²) in [7, 11) is 0. The summed E-state index contributed by atoms with van der Waals surface area (Å²) in [5, 5.41) is 6.26. The van der Waals surface area contributed by atoms with Gasteiger partial charge in [-0.1, -0.05) is 42.5 Å². The molecule has 2 saturated carbocycles. The predicted octanol–water partition coefficient (Wildman–Crippen LogP) is 4.16. The number of carbonyl (C=O) groups excluding carboxylic acids is 1. The molecule has 0 radical (unpaired) electrons. The SMILES string of the molecule is O=C(NCc1ccc(CNc2ccc(-c3nc4c([nH]3)c(=O)n(C3CC3)c(=O)n4C3CC3)cn2)cc1)c1ccccc1. The number of carbonyl (C=O) groups is 1. The van der Waals surface area contributed by atoms with Crippen LogP contribution in [0.5, 0.6) is 0 Å². The molecule has 0 aliphatic heterocycles. The van der Waals surface area contributed by atoms with Gasteiger partial charge in [-0.3, -0.25) is 18.7 Å². The first-order valence-electron chi connectivity index (χ1n) is 13.9. The molecule has 206 valence electrons. The van der Waals surface area contributed by atoms with Crippen LogP contribution in [-0.2, 0) is 13.1 Å². The Morgan fingerprint density at radius 3 is 2.20 bits per heavy atom. The summed E-state index contributed by atoms with van der Waals surface area (Å²) in [4.78, 5) is 50.9. The van der Waals surface area contributed by atoms with Crippen molar-refractivity contribution in [1.82, 2.24) is 29.4 Å². The van der Waals surface area contributed by atoms with Crippen molar-refractivity contribution >= 4 is 22.9 Å². The number of anilines is 1. The Hall–Kier alpha value is -4.99. The third kappa shape index (κ3) is 5.04. The largest absolute Gasteiger partial charge is 0.366 e. The van der Waals surface area contributed by atoms with Gasteiger partial charge < -0.3 is 15.6 Å². The summed E-state index contributed by atoms with van der Waals surface area (Å²) in [5.41, 5.74) is 3.75. The lowest BCUT2D eigenvalue weighted by Crippen LogP contribution is -2.39. The van der Waals surface area contributed by atoms with E-state index in [1.165, 1.54) is 4.57 Å². The van der Waals surface area contributed by atoms with Crippen molar-refractivity contribution in [2.75, 3.05) is 5.32 Å². The summed E-state index contributed by atoms with van der Waals surface area (Å²) in [6.07, 6.45) is 5.28. The van der Waals surface area contributed by atoms with Crippen LogP contribution in [0.15, 0.2) is 82.5 Å². The fourth-order valence-electron chi connectivity index (χ4n) is 5.03. The molecule has 0 bridgehead atoms. The number of aromatic amines is 1. The van der Waals surface area contributed by atoms with Crippen LogP contribution in [0.4, 0.5) is 5.82 Å². The number of aromatic nitrogens is 5. The number of hydrogen-bond donors (Lipinski definition) is 3. The fraction of sp³-hybridized carbons (Fsp3) is 0.258. The fourth-order valence-corrected chi connectivity index (χ4v) is 5.03. The van der Waals surface area contributed by atoms with Crippen LogP contribution in [0, 0.1) is 0 Å². The van der Waals surface area contributed by atoms with E-state index in [2.05, 4.69) is 25.6 Å². The molecule has 2 aromatic carbocycles. The van der Waals surface area contributed by atoms with Gasteiger partial charge in [-0.2, -0.15) is 0 Å². The van der Waals surface area contributed by atoms with E-state index in [9.17, 15) is 14.4 Å². The highest BCUT2D eigenvalue weighted by Crippen LogP contribution is 2.37. The second-order valence-electron chi connectivity index (χ2n) is 10.7. The maximum absolute atomic E-state index is 13.1. The van der Waals surface area contributed by atoms with Gasteiger partial charge in [0.05, 0.1) is 0 Å². The van der Waals surface area contributed by atoms with Crippen molar-refractivity contribution in [1.29, 1.82) is 0 Å². The Balaban J connectivity index is 1.01. The summed E-state index contributed by atoms with van der Waals surface area (Å²) >= 11 is 0. The normalized spacial score (nSPS) is 14.7. The average Bonchev–Trinajstić information content (AvgIpc) is 3.95. The molecule has 10 nitrogen and oxygen atoms in total. The number of nitrogens with one attached hydrogen (secondary N) is 3. The molecule has 0 saturated heterocycles. The van der Waals surface area contributed by atoms with E-state index in [4.69, 9.17) is 0 Å². The van der Waals surface area contributed by atoms with Gasteiger partial charge in [0.2, 0.25) is 0 Å². The van der Waals surface area contributed by atoms with Crippen molar-refractivity contribution in [2.24, 2.45) is 0 Å². The van der Waals surface area contributed by atoms with Crippen molar-refractivity contribution in [3.63, 3.8) is 0 Å². The maximum Gasteiger partial charge on any atom is 0.333 e. The molecule has 3 N–H and O–H groups in total. The van der Waals surface area contributed by atoms with Crippen LogP contribution in [0.3, 0.4) is 0 Å². The number of pyridine rings is 1. The Morgan fingerprint density at radius 2 is 1.54 bits per heavy atom. The number of hydrogen-bond acceptors (Lipinski definition) is 6. The van der Waals surface area contributed by atoms with Crippen molar-refractivity contribution in [3.05, 3.63) is 110 Å². The van der Waals surface area contributed by atoms with E-state index in [0.29, 0.717) is 41.5 Å². The minimum Gasteiger partial charge on any atom is -0.366 e. The number of imidazole rings is 1. The van der Waals surface area contributed by atoms with Gasteiger partial charge in [-0.15, -0.1) is 0 Å². The van der Waals surface area contributed by atoms with Crippen LogP contribution >= 0.6 is 0 Å². The van der Waals surface area contributed by atoms with Crippen LogP contribution in [0.2, 0.25) is 0 Å². The quantitative estimate of drug-likeness (QED) is 0.254. The summed E-state index contributed by atoms with van der Waals surface area (Å²) < 4.78 is 3.10. The monoisotopic (exact) mass is 547 g/mol. The minimum atomic E-state index is -0.293. The van der Waals surface area contributed by atoms with E-state index in [1.807, 2.05) is 54.6 Å². The molecule has 41 heavy (non-hydrogen) atoms. The predicted molar refractivity (Wildman–Crippen MR) is 156 cm³/mol. The lowest BCUT2D eigenvalue weighted by atomic mass is 10.1. The van der Waals surface area contributed by atoms with Gasteiger partial charge in [-0.25, -0.2) is 14.8 Å². The van der Waals surface area contributed by atoms with Gasteiger partial charge in [-0.05, 0) is 61.1 Å².